The van der Waals surface area contributed by atoms with Crippen LogP contribution in [0.4, 0.5) is 10.2 Å². The van der Waals surface area contributed by atoms with E-state index in [1.807, 2.05) is 18.4 Å². The van der Waals surface area contributed by atoms with Crippen molar-refractivity contribution < 1.29 is 4.39 Å². The Bertz CT molecular complexity index is 890. The van der Waals surface area contributed by atoms with Gasteiger partial charge in [-0.1, -0.05) is 25.0 Å². The van der Waals surface area contributed by atoms with Crippen LogP contribution in [0.5, 0.6) is 0 Å². The van der Waals surface area contributed by atoms with Crippen LogP contribution in [0.1, 0.15) is 37.1 Å². The minimum atomic E-state index is -0.229. The van der Waals surface area contributed by atoms with E-state index in [2.05, 4.69) is 11.0 Å². The molecule has 1 fully saturated rings. The van der Waals surface area contributed by atoms with Crippen LogP contribution in [0.25, 0.3) is 16.8 Å². The summed E-state index contributed by atoms with van der Waals surface area (Å²) in [7, 11) is 0. The zero-order chi connectivity index (χ0) is 17.4. The highest BCUT2D eigenvalue weighted by molar-refractivity contribution is 5.81. The number of anilines is 1. The number of rotatable bonds is 2. The Kier molecular flexibility index (Phi) is 4.15. The predicted octanol–water partition coefficient (Wildman–Crippen LogP) is 4.53. The maximum Gasteiger partial charge on any atom is 0.165 e. The standard InChI is InChI=1S/C20H23FN4/c1-14-13-18(24-11-5-3-4-6-12-24)25-20(22-14)19(15(2)23-25)16-7-9-17(21)10-8-16/h7-10,13H,3-6,11-12H2,1-2H3. The number of hydrogen-bond acceptors (Lipinski definition) is 3. The summed E-state index contributed by atoms with van der Waals surface area (Å²) in [5.74, 6) is 0.883. The van der Waals surface area contributed by atoms with Crippen molar-refractivity contribution >= 4 is 11.5 Å². The fraction of sp³-hybridized carbons (Fsp3) is 0.400. The molecule has 4 rings (SSSR count). The van der Waals surface area contributed by atoms with Gasteiger partial charge < -0.3 is 4.90 Å². The van der Waals surface area contributed by atoms with Crippen LogP contribution in [0.2, 0.25) is 0 Å². The Labute approximate surface area is 147 Å². The molecular formula is C20H23FN4. The van der Waals surface area contributed by atoms with E-state index in [-0.39, 0.29) is 5.82 Å². The van der Waals surface area contributed by atoms with Gasteiger partial charge >= 0.3 is 0 Å². The highest BCUT2D eigenvalue weighted by atomic mass is 19.1. The van der Waals surface area contributed by atoms with Crippen molar-refractivity contribution in [2.24, 2.45) is 0 Å². The topological polar surface area (TPSA) is 33.4 Å². The highest BCUT2D eigenvalue weighted by Gasteiger charge is 2.19. The third kappa shape index (κ3) is 2.99. The first-order chi connectivity index (χ1) is 12.1. The Morgan fingerprint density at radius 2 is 1.64 bits per heavy atom. The molecule has 0 atom stereocenters. The van der Waals surface area contributed by atoms with Crippen LogP contribution in [-0.2, 0) is 0 Å². The molecule has 5 heteroatoms. The minimum Gasteiger partial charge on any atom is -0.356 e. The molecule has 0 amide bonds. The van der Waals surface area contributed by atoms with Gasteiger partial charge in [-0.25, -0.2) is 9.37 Å². The summed E-state index contributed by atoms with van der Waals surface area (Å²) in [6.07, 6.45) is 5.02. The third-order valence-electron chi connectivity index (χ3n) is 4.94. The number of nitrogens with zero attached hydrogens (tertiary/aromatic N) is 4. The van der Waals surface area contributed by atoms with Gasteiger partial charge in [0.2, 0.25) is 0 Å². The molecule has 1 saturated heterocycles. The van der Waals surface area contributed by atoms with Crippen LogP contribution < -0.4 is 4.90 Å². The molecule has 4 nitrogen and oxygen atoms in total. The van der Waals surface area contributed by atoms with E-state index in [4.69, 9.17) is 10.1 Å². The lowest BCUT2D eigenvalue weighted by Crippen LogP contribution is -2.26. The second kappa shape index (κ2) is 6.47. The Morgan fingerprint density at radius 1 is 0.960 bits per heavy atom. The van der Waals surface area contributed by atoms with E-state index in [1.165, 1.54) is 37.8 Å². The predicted molar refractivity (Wildman–Crippen MR) is 98.5 cm³/mol. The summed E-state index contributed by atoms with van der Waals surface area (Å²) >= 11 is 0. The molecule has 0 aliphatic carbocycles. The maximum absolute atomic E-state index is 13.3. The molecular weight excluding hydrogens is 315 g/mol. The van der Waals surface area contributed by atoms with Crippen LogP contribution >= 0.6 is 0 Å². The fourth-order valence-corrected chi connectivity index (χ4v) is 3.70. The molecule has 1 aliphatic heterocycles. The van der Waals surface area contributed by atoms with Gasteiger partial charge in [0.1, 0.15) is 11.6 Å². The Morgan fingerprint density at radius 3 is 2.32 bits per heavy atom. The third-order valence-corrected chi connectivity index (χ3v) is 4.94. The number of halogens is 1. The van der Waals surface area contributed by atoms with E-state index in [0.29, 0.717) is 0 Å². The molecule has 0 saturated carbocycles. The largest absolute Gasteiger partial charge is 0.356 e. The van der Waals surface area contributed by atoms with Gasteiger partial charge in [-0.05, 0) is 44.4 Å². The zero-order valence-electron chi connectivity index (χ0n) is 14.8. The first-order valence-corrected chi connectivity index (χ1v) is 9.01. The summed E-state index contributed by atoms with van der Waals surface area (Å²) in [4.78, 5) is 7.18. The first-order valence-electron chi connectivity index (χ1n) is 9.01. The van der Waals surface area contributed by atoms with Crippen molar-refractivity contribution in [1.29, 1.82) is 0 Å². The molecule has 0 spiro atoms. The van der Waals surface area contributed by atoms with Crippen LogP contribution in [-0.4, -0.2) is 27.7 Å². The van der Waals surface area contributed by atoms with E-state index >= 15 is 0 Å². The molecule has 0 radical (unpaired) electrons. The molecule has 25 heavy (non-hydrogen) atoms. The maximum atomic E-state index is 13.3. The fourth-order valence-electron chi connectivity index (χ4n) is 3.70. The molecule has 130 valence electrons. The van der Waals surface area contributed by atoms with Crippen molar-refractivity contribution in [3.63, 3.8) is 0 Å². The Balaban J connectivity index is 1.89. The summed E-state index contributed by atoms with van der Waals surface area (Å²) in [5.41, 5.74) is 4.69. The van der Waals surface area contributed by atoms with E-state index in [0.717, 1.165) is 47.1 Å². The van der Waals surface area contributed by atoms with Crippen molar-refractivity contribution in [3.05, 3.63) is 47.5 Å². The van der Waals surface area contributed by atoms with Gasteiger partial charge in [0, 0.05) is 30.4 Å². The molecule has 3 aromatic rings. The van der Waals surface area contributed by atoms with Gasteiger partial charge in [0.25, 0.3) is 0 Å². The summed E-state index contributed by atoms with van der Waals surface area (Å²) in [6, 6.07) is 8.71. The first kappa shape index (κ1) is 16.1. The molecule has 0 bridgehead atoms. The second-order valence-electron chi connectivity index (χ2n) is 6.86. The number of fused-ring (bicyclic) bond motifs is 1. The lowest BCUT2D eigenvalue weighted by Gasteiger charge is -2.23. The SMILES string of the molecule is Cc1cc(N2CCCCCC2)n2nc(C)c(-c3ccc(F)cc3)c2n1. The second-order valence-corrected chi connectivity index (χ2v) is 6.86. The van der Waals surface area contributed by atoms with Crippen molar-refractivity contribution in [1.82, 2.24) is 14.6 Å². The minimum absolute atomic E-state index is 0.229. The van der Waals surface area contributed by atoms with Gasteiger partial charge in [-0.2, -0.15) is 9.61 Å². The van der Waals surface area contributed by atoms with Crippen molar-refractivity contribution in [2.75, 3.05) is 18.0 Å². The van der Waals surface area contributed by atoms with Crippen LogP contribution in [0.15, 0.2) is 30.3 Å². The van der Waals surface area contributed by atoms with E-state index in [1.54, 1.807) is 12.1 Å². The molecule has 1 aliphatic rings. The van der Waals surface area contributed by atoms with E-state index < -0.39 is 0 Å². The lowest BCUT2D eigenvalue weighted by molar-refractivity contribution is 0.628. The van der Waals surface area contributed by atoms with Crippen molar-refractivity contribution in [3.8, 4) is 11.1 Å². The molecule has 1 aromatic carbocycles. The lowest BCUT2D eigenvalue weighted by atomic mass is 10.1. The average molecular weight is 338 g/mol. The molecule has 2 aromatic heterocycles. The smallest absolute Gasteiger partial charge is 0.165 e. The quantitative estimate of drug-likeness (QED) is 0.688. The number of hydrogen-bond donors (Lipinski definition) is 0. The summed E-state index contributed by atoms with van der Waals surface area (Å²) in [5, 5.41) is 4.78. The van der Waals surface area contributed by atoms with Crippen LogP contribution in [0.3, 0.4) is 0 Å². The number of benzene rings is 1. The van der Waals surface area contributed by atoms with Gasteiger partial charge in [-0.3, -0.25) is 0 Å². The molecule has 3 heterocycles. The normalized spacial score (nSPS) is 15.6. The monoisotopic (exact) mass is 338 g/mol. The summed E-state index contributed by atoms with van der Waals surface area (Å²) in [6.45, 7) is 6.14. The average Bonchev–Trinajstić information content (AvgIpc) is 2.77. The molecule has 0 unspecified atom stereocenters. The Hall–Kier alpha value is -2.43. The summed E-state index contributed by atoms with van der Waals surface area (Å²) < 4.78 is 15.3. The van der Waals surface area contributed by atoms with Gasteiger partial charge in [0.15, 0.2) is 5.65 Å². The van der Waals surface area contributed by atoms with Gasteiger partial charge in [0.05, 0.1) is 5.69 Å². The number of aromatic nitrogens is 3. The molecule has 0 N–H and O–H groups in total. The highest BCUT2D eigenvalue weighted by Crippen LogP contribution is 2.31. The van der Waals surface area contributed by atoms with Crippen molar-refractivity contribution in [2.45, 2.75) is 39.5 Å². The van der Waals surface area contributed by atoms with E-state index in [9.17, 15) is 4.39 Å². The van der Waals surface area contributed by atoms with Crippen LogP contribution in [0, 0.1) is 19.7 Å². The van der Waals surface area contributed by atoms with Gasteiger partial charge in [-0.15, -0.1) is 0 Å². The number of aryl methyl sites for hydroxylation is 2. The zero-order valence-corrected chi connectivity index (χ0v) is 14.8.